The lowest BCUT2D eigenvalue weighted by Crippen LogP contribution is -2.44. The molecule has 0 spiro atoms. The average molecular weight is 440 g/mol. The lowest BCUT2D eigenvalue weighted by Gasteiger charge is -2.33. The third kappa shape index (κ3) is 5.29. The molecule has 4 rings (SSSR count). The van der Waals surface area contributed by atoms with Crippen molar-refractivity contribution in [2.24, 2.45) is 5.92 Å². The number of nitrogens with zero attached hydrogens (tertiary/aromatic N) is 4. The topological polar surface area (TPSA) is 89.2 Å². The molecular weight excluding hydrogens is 406 g/mol. The summed E-state index contributed by atoms with van der Waals surface area (Å²) in [5.41, 5.74) is -0.263. The molecule has 1 N–H and O–H groups in total. The number of pyridine rings is 1. The molecule has 0 aromatic carbocycles. The molecule has 1 saturated carbocycles. The smallest absolute Gasteiger partial charge is 0.263 e. The van der Waals surface area contributed by atoms with Crippen LogP contribution in [0.3, 0.4) is 0 Å². The highest BCUT2D eigenvalue weighted by Gasteiger charge is 2.27. The highest BCUT2D eigenvalue weighted by atomic mass is 16.2. The third-order valence-corrected chi connectivity index (χ3v) is 6.72. The molecule has 1 saturated heterocycles. The fourth-order valence-corrected chi connectivity index (χ4v) is 4.94. The van der Waals surface area contributed by atoms with Crippen LogP contribution in [0.1, 0.15) is 61.1 Å². The van der Waals surface area contributed by atoms with Crippen LogP contribution >= 0.6 is 0 Å². The first-order valence-electron chi connectivity index (χ1n) is 11.8. The summed E-state index contributed by atoms with van der Waals surface area (Å²) in [7, 11) is 0. The summed E-state index contributed by atoms with van der Waals surface area (Å²) in [6.45, 7) is 4.00. The molecule has 2 amide bonds. The highest BCUT2D eigenvalue weighted by molar-refractivity contribution is 5.94. The number of amides is 2. The molecular formula is C24H33N5O3. The fraction of sp³-hybridized carbons (Fsp3) is 0.583. The van der Waals surface area contributed by atoms with Crippen molar-refractivity contribution in [3.8, 4) is 0 Å². The number of carbonyl (C=O) groups excluding carboxylic acids is 2. The van der Waals surface area contributed by atoms with Gasteiger partial charge in [0.2, 0.25) is 5.91 Å². The van der Waals surface area contributed by atoms with Gasteiger partial charge in [-0.15, -0.1) is 0 Å². The maximum atomic E-state index is 13.2. The lowest BCUT2D eigenvalue weighted by molar-refractivity contribution is -0.122. The van der Waals surface area contributed by atoms with Crippen LogP contribution in [0.25, 0.3) is 0 Å². The number of hydrogen-bond acceptors (Lipinski definition) is 4. The van der Waals surface area contributed by atoms with E-state index in [1.54, 1.807) is 29.4 Å². The van der Waals surface area contributed by atoms with Gasteiger partial charge in [0.15, 0.2) is 0 Å². The van der Waals surface area contributed by atoms with E-state index < -0.39 is 5.56 Å². The fourth-order valence-electron chi connectivity index (χ4n) is 4.94. The summed E-state index contributed by atoms with van der Waals surface area (Å²) >= 11 is 0. The number of nitrogens with one attached hydrogen (secondary N) is 1. The Morgan fingerprint density at radius 2 is 1.91 bits per heavy atom. The van der Waals surface area contributed by atoms with Gasteiger partial charge in [-0.05, 0) is 50.7 Å². The number of hydrogen-bond donors (Lipinski definition) is 1. The summed E-state index contributed by atoms with van der Waals surface area (Å²) < 4.78 is 3.46. The maximum Gasteiger partial charge on any atom is 0.263 e. The summed E-state index contributed by atoms with van der Waals surface area (Å²) in [6, 6.07) is 3.45. The lowest BCUT2D eigenvalue weighted by atomic mass is 9.95. The zero-order valence-electron chi connectivity index (χ0n) is 18.8. The molecule has 172 valence electrons. The van der Waals surface area contributed by atoms with Gasteiger partial charge in [0.05, 0.1) is 0 Å². The molecule has 2 aromatic rings. The predicted molar refractivity (Wildman–Crippen MR) is 121 cm³/mol. The zero-order chi connectivity index (χ0) is 22.5. The number of rotatable bonds is 6. The van der Waals surface area contributed by atoms with Crippen molar-refractivity contribution in [3.63, 3.8) is 0 Å². The van der Waals surface area contributed by atoms with Gasteiger partial charge < -0.3 is 19.4 Å². The van der Waals surface area contributed by atoms with E-state index >= 15 is 0 Å². The minimum atomic E-state index is -0.399. The Bertz CT molecular complexity index is 1010. The molecule has 32 heavy (non-hydrogen) atoms. The molecule has 0 unspecified atom stereocenters. The van der Waals surface area contributed by atoms with Crippen molar-refractivity contribution in [1.82, 2.24) is 24.3 Å². The van der Waals surface area contributed by atoms with Crippen molar-refractivity contribution in [2.45, 2.75) is 71.0 Å². The van der Waals surface area contributed by atoms with E-state index in [4.69, 9.17) is 0 Å². The van der Waals surface area contributed by atoms with Gasteiger partial charge >= 0.3 is 0 Å². The van der Waals surface area contributed by atoms with Crippen LogP contribution in [0, 0.1) is 12.8 Å². The van der Waals surface area contributed by atoms with Gasteiger partial charge in [0.25, 0.3) is 11.5 Å². The minimum Gasteiger partial charge on any atom is -0.352 e. The van der Waals surface area contributed by atoms with E-state index in [-0.39, 0.29) is 30.0 Å². The van der Waals surface area contributed by atoms with Gasteiger partial charge in [-0.25, -0.2) is 4.98 Å². The number of carbonyl (C=O) groups is 2. The van der Waals surface area contributed by atoms with Crippen molar-refractivity contribution >= 4 is 11.8 Å². The van der Waals surface area contributed by atoms with Gasteiger partial charge in [-0.2, -0.15) is 0 Å². The van der Waals surface area contributed by atoms with Crippen molar-refractivity contribution in [2.75, 3.05) is 13.1 Å². The van der Waals surface area contributed by atoms with Gasteiger partial charge in [-0.3, -0.25) is 14.4 Å². The first-order valence-corrected chi connectivity index (χ1v) is 11.8. The minimum absolute atomic E-state index is 0.0566. The first-order chi connectivity index (χ1) is 15.5. The van der Waals surface area contributed by atoms with E-state index in [1.165, 1.54) is 11.0 Å². The number of imidazole rings is 1. The molecule has 8 heteroatoms. The monoisotopic (exact) mass is 439 g/mol. The van der Waals surface area contributed by atoms with E-state index in [9.17, 15) is 14.4 Å². The second kappa shape index (κ2) is 10.1. The second-order valence-corrected chi connectivity index (χ2v) is 9.14. The number of piperidine rings is 1. The average Bonchev–Trinajstić information content (AvgIpc) is 3.20. The molecule has 2 aliphatic rings. The Hall–Kier alpha value is -2.90. The zero-order valence-corrected chi connectivity index (χ0v) is 18.8. The highest BCUT2D eigenvalue weighted by Crippen LogP contribution is 2.20. The maximum absolute atomic E-state index is 13.2. The Balaban J connectivity index is 1.40. The van der Waals surface area contributed by atoms with E-state index in [2.05, 4.69) is 14.9 Å². The van der Waals surface area contributed by atoms with Gasteiger partial charge in [0, 0.05) is 44.3 Å². The molecule has 2 fully saturated rings. The van der Waals surface area contributed by atoms with Crippen LogP contribution in [0.5, 0.6) is 0 Å². The van der Waals surface area contributed by atoms with Gasteiger partial charge in [0.1, 0.15) is 17.9 Å². The Morgan fingerprint density at radius 1 is 1.09 bits per heavy atom. The molecule has 3 heterocycles. The number of aryl methyl sites for hydroxylation is 1. The quantitative estimate of drug-likeness (QED) is 0.748. The van der Waals surface area contributed by atoms with Crippen LogP contribution in [0.15, 0.2) is 35.5 Å². The van der Waals surface area contributed by atoms with E-state index in [0.29, 0.717) is 19.0 Å². The standard InChI is InChI=1S/C24H33N5O3/c1-18-25-11-14-27(18)15-19-7-5-12-28(16-19)23(31)21-10-6-13-29(24(21)32)17-22(30)26-20-8-3-2-4-9-20/h6,10-11,13-14,19-20H,2-5,7-9,12,15-17H2,1H3,(H,26,30)/t19-/m1/s1. The van der Waals surface area contributed by atoms with Crippen molar-refractivity contribution in [1.29, 1.82) is 0 Å². The Kier molecular flexibility index (Phi) is 7.07. The Labute approximate surface area is 188 Å². The normalized spacial score (nSPS) is 19.7. The van der Waals surface area contributed by atoms with Crippen LogP contribution in [0.2, 0.25) is 0 Å². The van der Waals surface area contributed by atoms with Crippen molar-refractivity contribution in [3.05, 3.63) is 52.5 Å². The molecule has 1 aliphatic heterocycles. The summed E-state index contributed by atoms with van der Waals surface area (Å²) in [5, 5.41) is 3.04. The van der Waals surface area contributed by atoms with E-state index in [1.807, 2.05) is 13.1 Å². The third-order valence-electron chi connectivity index (χ3n) is 6.72. The summed E-state index contributed by atoms with van der Waals surface area (Å²) in [4.78, 5) is 44.7. The van der Waals surface area contributed by atoms with Crippen LogP contribution in [-0.4, -0.2) is 50.0 Å². The molecule has 2 aromatic heterocycles. The second-order valence-electron chi connectivity index (χ2n) is 9.14. The van der Waals surface area contributed by atoms with Crippen LogP contribution in [0.4, 0.5) is 0 Å². The Morgan fingerprint density at radius 3 is 2.66 bits per heavy atom. The van der Waals surface area contributed by atoms with E-state index in [0.717, 1.165) is 50.9 Å². The first kappa shape index (κ1) is 22.3. The molecule has 8 nitrogen and oxygen atoms in total. The van der Waals surface area contributed by atoms with Crippen molar-refractivity contribution < 1.29 is 9.59 Å². The predicted octanol–water partition coefficient (Wildman–Crippen LogP) is 2.35. The number of aromatic nitrogens is 3. The molecule has 0 radical (unpaired) electrons. The summed E-state index contributed by atoms with van der Waals surface area (Å²) in [5.74, 6) is 0.875. The molecule has 1 atom stereocenters. The molecule has 0 bridgehead atoms. The largest absolute Gasteiger partial charge is 0.352 e. The molecule has 1 aliphatic carbocycles. The van der Waals surface area contributed by atoms with Gasteiger partial charge in [-0.1, -0.05) is 19.3 Å². The number of likely N-dealkylation sites (tertiary alicyclic amines) is 1. The summed E-state index contributed by atoms with van der Waals surface area (Å²) in [6.07, 6.45) is 12.8. The van der Waals surface area contributed by atoms with Crippen LogP contribution in [-0.2, 0) is 17.9 Å². The SMILES string of the molecule is Cc1nccn1C[C@H]1CCCN(C(=O)c2cccn(CC(=O)NC3CCCCC3)c2=O)C1. The van der Waals surface area contributed by atoms with Crippen LogP contribution < -0.4 is 10.9 Å².